The first-order chi connectivity index (χ1) is 6.83. The van der Waals surface area contributed by atoms with Crippen molar-refractivity contribution in [3.8, 4) is 17.1 Å². The Kier molecular flexibility index (Phi) is 2.10. The van der Waals surface area contributed by atoms with E-state index in [1.165, 1.54) is 6.39 Å². The van der Waals surface area contributed by atoms with Crippen molar-refractivity contribution in [3.05, 3.63) is 30.8 Å². The molecule has 4 heteroatoms. The van der Waals surface area contributed by atoms with Gasteiger partial charge in [0.25, 0.3) is 0 Å². The van der Waals surface area contributed by atoms with Crippen LogP contribution in [0.2, 0.25) is 0 Å². The van der Waals surface area contributed by atoms with Crippen LogP contribution in [-0.4, -0.2) is 12.1 Å². The number of para-hydroxylation sites is 1. The molecule has 0 atom stereocenters. The summed E-state index contributed by atoms with van der Waals surface area (Å²) in [5.41, 5.74) is 7.15. The number of rotatable bonds is 2. The minimum absolute atomic E-state index is 0.585. The standard InChI is InChI=1S/C10H10N2O2/c1-13-10-7(3-2-4-8(10)11)9-5-12-6-14-9/h2-6H,11H2,1H3. The highest BCUT2D eigenvalue weighted by molar-refractivity contribution is 5.73. The highest BCUT2D eigenvalue weighted by Gasteiger charge is 2.10. The van der Waals surface area contributed by atoms with E-state index in [-0.39, 0.29) is 0 Å². The number of benzene rings is 1. The number of nitrogens with two attached hydrogens (primary N) is 1. The van der Waals surface area contributed by atoms with E-state index in [2.05, 4.69) is 4.98 Å². The number of anilines is 1. The number of nitrogen functional groups attached to an aromatic ring is 1. The summed E-state index contributed by atoms with van der Waals surface area (Å²) in [5.74, 6) is 1.26. The molecule has 0 unspecified atom stereocenters. The van der Waals surface area contributed by atoms with E-state index in [0.717, 1.165) is 5.56 Å². The first kappa shape index (κ1) is 8.62. The van der Waals surface area contributed by atoms with Gasteiger partial charge in [-0.1, -0.05) is 6.07 Å². The zero-order valence-corrected chi connectivity index (χ0v) is 7.73. The van der Waals surface area contributed by atoms with Gasteiger partial charge in [0.15, 0.2) is 17.9 Å². The summed E-state index contributed by atoms with van der Waals surface area (Å²) in [6, 6.07) is 5.49. The lowest BCUT2D eigenvalue weighted by atomic mass is 10.1. The Labute approximate surface area is 81.3 Å². The minimum Gasteiger partial charge on any atom is -0.494 e. The van der Waals surface area contributed by atoms with Gasteiger partial charge in [0.05, 0.1) is 24.6 Å². The number of nitrogens with zero attached hydrogens (tertiary/aromatic N) is 1. The summed E-state index contributed by atoms with van der Waals surface area (Å²) in [4.78, 5) is 3.84. The average Bonchev–Trinajstić information content (AvgIpc) is 2.70. The summed E-state index contributed by atoms with van der Waals surface area (Å²) < 4.78 is 10.4. The van der Waals surface area contributed by atoms with Crippen LogP contribution in [0.4, 0.5) is 5.69 Å². The predicted molar refractivity (Wildman–Crippen MR) is 52.9 cm³/mol. The molecule has 0 fully saturated rings. The maximum atomic E-state index is 5.75. The number of methoxy groups -OCH3 is 1. The molecule has 1 aromatic carbocycles. The van der Waals surface area contributed by atoms with Gasteiger partial charge in [0, 0.05) is 0 Å². The van der Waals surface area contributed by atoms with Crippen LogP contribution in [0, 0.1) is 0 Å². The molecule has 0 bridgehead atoms. The first-order valence-corrected chi connectivity index (χ1v) is 4.14. The molecule has 72 valence electrons. The third-order valence-corrected chi connectivity index (χ3v) is 1.95. The van der Waals surface area contributed by atoms with Crippen LogP contribution in [0.3, 0.4) is 0 Å². The van der Waals surface area contributed by atoms with Crippen LogP contribution in [0.5, 0.6) is 5.75 Å². The van der Waals surface area contributed by atoms with Gasteiger partial charge in [-0.25, -0.2) is 4.98 Å². The van der Waals surface area contributed by atoms with Crippen LogP contribution in [0.1, 0.15) is 0 Å². The number of ether oxygens (including phenoxy) is 1. The Morgan fingerprint density at radius 3 is 2.93 bits per heavy atom. The molecule has 0 radical (unpaired) electrons. The van der Waals surface area contributed by atoms with Crippen molar-refractivity contribution in [2.24, 2.45) is 0 Å². The molecule has 0 spiro atoms. The molecule has 0 amide bonds. The second-order valence-corrected chi connectivity index (χ2v) is 2.79. The van der Waals surface area contributed by atoms with Gasteiger partial charge in [-0.2, -0.15) is 0 Å². The molecule has 4 nitrogen and oxygen atoms in total. The van der Waals surface area contributed by atoms with Crippen molar-refractivity contribution in [2.45, 2.75) is 0 Å². The smallest absolute Gasteiger partial charge is 0.181 e. The topological polar surface area (TPSA) is 61.3 Å². The zero-order chi connectivity index (χ0) is 9.97. The normalized spacial score (nSPS) is 10.1. The van der Waals surface area contributed by atoms with Crippen LogP contribution in [0.15, 0.2) is 35.2 Å². The second kappa shape index (κ2) is 3.41. The van der Waals surface area contributed by atoms with E-state index in [9.17, 15) is 0 Å². The Balaban J connectivity index is 2.58. The van der Waals surface area contributed by atoms with Gasteiger partial charge in [-0.3, -0.25) is 0 Å². The van der Waals surface area contributed by atoms with E-state index in [0.29, 0.717) is 17.2 Å². The summed E-state index contributed by atoms with van der Waals surface area (Å²) in [6.07, 6.45) is 3.00. The molecule has 1 aromatic heterocycles. The second-order valence-electron chi connectivity index (χ2n) is 2.79. The highest BCUT2D eigenvalue weighted by Crippen LogP contribution is 2.34. The minimum atomic E-state index is 0.585. The van der Waals surface area contributed by atoms with Crippen molar-refractivity contribution >= 4 is 5.69 Å². The number of oxazole rings is 1. The SMILES string of the molecule is COc1c(N)cccc1-c1cnco1. The molecule has 0 aliphatic carbocycles. The third kappa shape index (κ3) is 1.31. The predicted octanol–water partition coefficient (Wildman–Crippen LogP) is 1.93. The third-order valence-electron chi connectivity index (χ3n) is 1.95. The molecule has 2 N–H and O–H groups in total. The van der Waals surface area contributed by atoms with Gasteiger partial charge in [0.1, 0.15) is 0 Å². The highest BCUT2D eigenvalue weighted by atomic mass is 16.5. The largest absolute Gasteiger partial charge is 0.494 e. The van der Waals surface area contributed by atoms with Crippen molar-refractivity contribution in [3.63, 3.8) is 0 Å². The Bertz CT molecular complexity index is 424. The molecule has 0 saturated heterocycles. The maximum absolute atomic E-state index is 5.75. The Morgan fingerprint density at radius 1 is 1.43 bits per heavy atom. The molecular formula is C10H10N2O2. The Hall–Kier alpha value is -1.97. The van der Waals surface area contributed by atoms with E-state index in [4.69, 9.17) is 14.9 Å². The lowest BCUT2D eigenvalue weighted by Gasteiger charge is -2.07. The number of hydrogen-bond donors (Lipinski definition) is 1. The molecular weight excluding hydrogens is 180 g/mol. The summed E-state index contributed by atoms with van der Waals surface area (Å²) in [5, 5.41) is 0. The fraction of sp³-hybridized carbons (Fsp3) is 0.100. The van der Waals surface area contributed by atoms with Crippen LogP contribution < -0.4 is 10.5 Å². The van der Waals surface area contributed by atoms with Crippen LogP contribution in [-0.2, 0) is 0 Å². The van der Waals surface area contributed by atoms with Gasteiger partial charge in [0.2, 0.25) is 0 Å². The summed E-state index contributed by atoms with van der Waals surface area (Å²) in [7, 11) is 1.57. The quantitative estimate of drug-likeness (QED) is 0.735. The first-order valence-electron chi connectivity index (χ1n) is 4.14. The lowest BCUT2D eigenvalue weighted by molar-refractivity contribution is 0.417. The molecule has 14 heavy (non-hydrogen) atoms. The Morgan fingerprint density at radius 2 is 2.29 bits per heavy atom. The fourth-order valence-electron chi connectivity index (χ4n) is 1.33. The zero-order valence-electron chi connectivity index (χ0n) is 7.73. The van der Waals surface area contributed by atoms with E-state index >= 15 is 0 Å². The molecule has 0 aliphatic heterocycles. The van der Waals surface area contributed by atoms with Crippen molar-refractivity contribution in [1.82, 2.24) is 4.98 Å². The average molecular weight is 190 g/mol. The van der Waals surface area contributed by atoms with Crippen molar-refractivity contribution < 1.29 is 9.15 Å². The number of hydrogen-bond acceptors (Lipinski definition) is 4. The van der Waals surface area contributed by atoms with Gasteiger partial charge < -0.3 is 14.9 Å². The summed E-state index contributed by atoms with van der Waals surface area (Å²) in [6.45, 7) is 0. The number of aromatic nitrogens is 1. The molecule has 2 rings (SSSR count). The molecule has 0 aliphatic rings. The monoisotopic (exact) mass is 190 g/mol. The van der Waals surface area contributed by atoms with E-state index in [1.54, 1.807) is 19.4 Å². The van der Waals surface area contributed by atoms with Gasteiger partial charge >= 0.3 is 0 Å². The maximum Gasteiger partial charge on any atom is 0.181 e. The lowest BCUT2D eigenvalue weighted by Crippen LogP contribution is -1.93. The van der Waals surface area contributed by atoms with E-state index < -0.39 is 0 Å². The fourth-order valence-corrected chi connectivity index (χ4v) is 1.33. The van der Waals surface area contributed by atoms with Crippen molar-refractivity contribution in [1.29, 1.82) is 0 Å². The summed E-state index contributed by atoms with van der Waals surface area (Å²) >= 11 is 0. The van der Waals surface area contributed by atoms with Crippen molar-refractivity contribution in [2.75, 3.05) is 12.8 Å². The molecule has 2 aromatic rings. The van der Waals surface area contributed by atoms with E-state index in [1.807, 2.05) is 12.1 Å². The molecule has 0 saturated carbocycles. The van der Waals surface area contributed by atoms with Crippen LogP contribution in [0.25, 0.3) is 11.3 Å². The van der Waals surface area contributed by atoms with Gasteiger partial charge in [-0.05, 0) is 12.1 Å². The van der Waals surface area contributed by atoms with Crippen LogP contribution >= 0.6 is 0 Å². The van der Waals surface area contributed by atoms with Gasteiger partial charge in [-0.15, -0.1) is 0 Å². The molecule has 1 heterocycles.